The highest BCUT2D eigenvalue weighted by molar-refractivity contribution is 7.92. The van der Waals surface area contributed by atoms with Gasteiger partial charge in [-0.25, -0.2) is 35.2 Å². The van der Waals surface area contributed by atoms with E-state index in [0.29, 0.717) is 0 Å². The van der Waals surface area contributed by atoms with Crippen LogP contribution in [0.1, 0.15) is 10.4 Å². The van der Waals surface area contributed by atoms with E-state index >= 15 is 0 Å². The SMILES string of the molecule is O=C(O)c1ccc(NS(=O)(=O)c2c(F)c(F)c(F)c(F)c2F)cc1. The van der Waals surface area contributed by atoms with Crippen LogP contribution >= 0.6 is 0 Å². The summed E-state index contributed by atoms with van der Waals surface area (Å²) >= 11 is 0. The van der Waals surface area contributed by atoms with Crippen molar-refractivity contribution in [2.24, 2.45) is 0 Å². The molecule has 0 aliphatic rings. The Bertz CT molecular complexity index is 899. The zero-order valence-corrected chi connectivity index (χ0v) is 12.1. The smallest absolute Gasteiger partial charge is 0.335 e. The zero-order chi connectivity index (χ0) is 18.2. The second kappa shape index (κ2) is 6.07. The van der Waals surface area contributed by atoms with E-state index in [1.54, 1.807) is 4.72 Å². The number of nitrogens with one attached hydrogen (secondary N) is 1. The van der Waals surface area contributed by atoms with Crippen LogP contribution in [0.15, 0.2) is 29.2 Å². The van der Waals surface area contributed by atoms with Gasteiger partial charge in [-0.3, -0.25) is 4.72 Å². The molecule has 0 saturated heterocycles. The van der Waals surface area contributed by atoms with Crippen LogP contribution in [-0.2, 0) is 10.0 Å². The van der Waals surface area contributed by atoms with Crippen LogP contribution in [0.4, 0.5) is 27.6 Å². The molecule has 2 aromatic rings. The minimum absolute atomic E-state index is 0.214. The van der Waals surface area contributed by atoms with Gasteiger partial charge in [-0.1, -0.05) is 0 Å². The van der Waals surface area contributed by atoms with Crippen molar-refractivity contribution < 1.29 is 40.3 Å². The Labute approximate surface area is 131 Å². The fraction of sp³-hybridized carbons (Fsp3) is 0. The first kappa shape index (κ1) is 17.7. The second-order valence-corrected chi connectivity index (χ2v) is 6.01. The summed E-state index contributed by atoms with van der Waals surface area (Å²) in [5.41, 5.74) is -0.557. The summed E-state index contributed by atoms with van der Waals surface area (Å²) in [6, 6.07) is 3.82. The summed E-state index contributed by atoms with van der Waals surface area (Å²) in [6.07, 6.45) is 0. The summed E-state index contributed by atoms with van der Waals surface area (Å²) < 4.78 is 91.7. The van der Waals surface area contributed by atoms with E-state index in [9.17, 15) is 35.2 Å². The largest absolute Gasteiger partial charge is 0.478 e. The molecule has 0 amide bonds. The van der Waals surface area contributed by atoms with Gasteiger partial charge < -0.3 is 5.11 Å². The van der Waals surface area contributed by atoms with Crippen molar-refractivity contribution in [3.63, 3.8) is 0 Å². The minimum atomic E-state index is -5.16. The molecule has 0 fully saturated rings. The molecule has 2 rings (SSSR count). The van der Waals surface area contributed by atoms with Crippen molar-refractivity contribution >= 4 is 21.7 Å². The molecule has 0 radical (unpaired) electrons. The van der Waals surface area contributed by atoms with Gasteiger partial charge in [0.2, 0.25) is 5.82 Å². The van der Waals surface area contributed by atoms with Crippen LogP contribution in [0.2, 0.25) is 0 Å². The molecule has 0 heterocycles. The Kier molecular flexibility index (Phi) is 4.47. The van der Waals surface area contributed by atoms with E-state index in [0.717, 1.165) is 24.3 Å². The van der Waals surface area contributed by atoms with Gasteiger partial charge in [0.25, 0.3) is 10.0 Å². The molecule has 0 aliphatic carbocycles. The number of aromatic carboxylic acids is 1. The van der Waals surface area contributed by atoms with Crippen molar-refractivity contribution in [1.82, 2.24) is 0 Å². The number of carboxylic acids is 1. The third kappa shape index (κ3) is 3.02. The Morgan fingerprint density at radius 3 is 1.67 bits per heavy atom. The lowest BCUT2D eigenvalue weighted by Crippen LogP contribution is -2.19. The topological polar surface area (TPSA) is 83.5 Å². The lowest BCUT2D eigenvalue weighted by molar-refractivity contribution is 0.0697. The van der Waals surface area contributed by atoms with E-state index in [1.807, 2.05) is 0 Å². The van der Waals surface area contributed by atoms with Gasteiger partial charge in [0.15, 0.2) is 28.2 Å². The van der Waals surface area contributed by atoms with E-state index in [-0.39, 0.29) is 11.3 Å². The molecule has 0 bridgehead atoms. The van der Waals surface area contributed by atoms with Gasteiger partial charge in [-0.05, 0) is 24.3 Å². The van der Waals surface area contributed by atoms with Gasteiger partial charge in [0.05, 0.1) is 5.56 Å². The third-order valence-electron chi connectivity index (χ3n) is 2.82. The molecular weight excluding hydrogens is 361 g/mol. The molecule has 0 saturated carbocycles. The molecule has 11 heteroatoms. The third-order valence-corrected chi connectivity index (χ3v) is 4.22. The monoisotopic (exact) mass is 367 g/mol. The first-order valence-corrected chi connectivity index (χ1v) is 7.42. The lowest BCUT2D eigenvalue weighted by atomic mass is 10.2. The molecule has 0 atom stereocenters. The predicted molar refractivity (Wildman–Crippen MR) is 70.4 cm³/mol. The number of halogens is 5. The van der Waals surface area contributed by atoms with Crippen LogP contribution in [0, 0.1) is 29.1 Å². The number of rotatable bonds is 4. The van der Waals surface area contributed by atoms with Crippen LogP contribution in [0.3, 0.4) is 0 Å². The maximum Gasteiger partial charge on any atom is 0.335 e. The van der Waals surface area contributed by atoms with E-state index < -0.39 is 50.0 Å². The molecule has 24 heavy (non-hydrogen) atoms. The highest BCUT2D eigenvalue weighted by atomic mass is 32.2. The summed E-state index contributed by atoms with van der Waals surface area (Å²) in [5, 5.41) is 8.69. The fourth-order valence-corrected chi connectivity index (χ4v) is 2.91. The molecule has 0 spiro atoms. The van der Waals surface area contributed by atoms with Crippen LogP contribution < -0.4 is 4.72 Å². The number of carbonyl (C=O) groups is 1. The summed E-state index contributed by atoms with van der Waals surface area (Å²) in [4.78, 5) is 8.62. The van der Waals surface area contributed by atoms with E-state index in [2.05, 4.69) is 0 Å². The van der Waals surface area contributed by atoms with Gasteiger partial charge >= 0.3 is 5.97 Å². The minimum Gasteiger partial charge on any atom is -0.478 e. The lowest BCUT2D eigenvalue weighted by Gasteiger charge is -2.11. The highest BCUT2D eigenvalue weighted by Gasteiger charge is 2.33. The van der Waals surface area contributed by atoms with Crippen molar-refractivity contribution in [3.05, 3.63) is 58.9 Å². The molecule has 5 nitrogen and oxygen atoms in total. The Morgan fingerprint density at radius 1 is 0.833 bits per heavy atom. The number of anilines is 1. The van der Waals surface area contributed by atoms with Crippen LogP contribution in [-0.4, -0.2) is 19.5 Å². The standard InChI is InChI=1S/C13H6F5NO4S/c14-7-8(15)10(17)12(11(18)9(7)16)24(22,23)19-6-3-1-5(2-4-6)13(20)21/h1-4,19H,(H,20,21). The van der Waals surface area contributed by atoms with Gasteiger partial charge in [-0.15, -0.1) is 0 Å². The Hall–Kier alpha value is -2.69. The fourth-order valence-electron chi connectivity index (χ4n) is 1.71. The second-order valence-electron chi connectivity index (χ2n) is 4.39. The van der Waals surface area contributed by atoms with Gasteiger partial charge in [-0.2, -0.15) is 0 Å². The number of carboxylic acid groups (broad SMARTS) is 1. The summed E-state index contributed by atoms with van der Waals surface area (Å²) in [5.74, 6) is -13.6. The number of hydrogen-bond acceptors (Lipinski definition) is 3. The van der Waals surface area contributed by atoms with E-state index in [4.69, 9.17) is 5.11 Å². The molecule has 0 aliphatic heterocycles. The maximum atomic E-state index is 13.6. The van der Waals surface area contributed by atoms with Crippen molar-refractivity contribution in [1.29, 1.82) is 0 Å². The molecular formula is C13H6F5NO4S. The predicted octanol–water partition coefficient (Wildman–Crippen LogP) is 2.88. The zero-order valence-electron chi connectivity index (χ0n) is 11.3. The quantitative estimate of drug-likeness (QED) is 0.495. The highest BCUT2D eigenvalue weighted by Crippen LogP contribution is 2.28. The van der Waals surface area contributed by atoms with Crippen LogP contribution in [0.5, 0.6) is 0 Å². The molecule has 128 valence electrons. The van der Waals surface area contributed by atoms with Crippen molar-refractivity contribution in [2.45, 2.75) is 4.90 Å². The Morgan fingerprint density at radius 2 is 1.25 bits per heavy atom. The van der Waals surface area contributed by atoms with Crippen molar-refractivity contribution in [3.8, 4) is 0 Å². The normalized spacial score (nSPS) is 11.4. The van der Waals surface area contributed by atoms with E-state index in [1.165, 1.54) is 0 Å². The summed E-state index contributed by atoms with van der Waals surface area (Å²) in [6.45, 7) is 0. The number of sulfonamides is 1. The molecule has 2 N–H and O–H groups in total. The average Bonchev–Trinajstić information content (AvgIpc) is 2.51. The van der Waals surface area contributed by atoms with Gasteiger partial charge in [0, 0.05) is 5.69 Å². The molecule has 0 aromatic heterocycles. The van der Waals surface area contributed by atoms with Crippen molar-refractivity contribution in [2.75, 3.05) is 4.72 Å². The molecule has 2 aromatic carbocycles. The van der Waals surface area contributed by atoms with Crippen LogP contribution in [0.25, 0.3) is 0 Å². The summed E-state index contributed by atoms with van der Waals surface area (Å²) in [7, 11) is -5.16. The maximum absolute atomic E-state index is 13.6. The number of hydrogen-bond donors (Lipinski definition) is 2. The average molecular weight is 367 g/mol. The molecule has 0 unspecified atom stereocenters. The number of benzene rings is 2. The first-order valence-electron chi connectivity index (χ1n) is 5.94. The first-order chi connectivity index (χ1) is 11.1. The van der Waals surface area contributed by atoms with Gasteiger partial charge in [0.1, 0.15) is 0 Å². The Balaban J connectivity index is 2.50.